The maximum absolute atomic E-state index is 14.7. The van der Waals surface area contributed by atoms with Crippen LogP contribution in [0.4, 0.5) is 9.59 Å². The second kappa shape index (κ2) is 21.7. The van der Waals surface area contributed by atoms with E-state index in [0.717, 1.165) is 5.56 Å². The number of ketones is 1. The number of amides is 2. The molecule has 2 amide bonds. The summed E-state index contributed by atoms with van der Waals surface area (Å²) in [5.41, 5.74) is -1.89. The van der Waals surface area contributed by atoms with Gasteiger partial charge >= 0.3 is 24.1 Å². The summed E-state index contributed by atoms with van der Waals surface area (Å²) in [6, 6.07) is 5.70. The summed E-state index contributed by atoms with van der Waals surface area (Å²) in [6.07, 6.45) is 0.395. The van der Waals surface area contributed by atoms with Crippen LogP contribution in [0.5, 0.6) is 0 Å². The number of ether oxygens (including phenoxy) is 6. The molecule has 17 nitrogen and oxygen atoms in total. The van der Waals surface area contributed by atoms with Crippen molar-refractivity contribution in [3.05, 3.63) is 64.7 Å². The first kappa shape index (κ1) is 50.5. The summed E-state index contributed by atoms with van der Waals surface area (Å²) in [5, 5.41) is 17.4. The summed E-state index contributed by atoms with van der Waals surface area (Å²) in [7, 11) is 3.66. The van der Waals surface area contributed by atoms with Crippen LogP contribution in [0.25, 0.3) is 6.08 Å². The topological polar surface area (TPSA) is 214 Å². The first-order valence-electron chi connectivity index (χ1n) is 21.9. The summed E-state index contributed by atoms with van der Waals surface area (Å²) < 4.78 is 38.5. The number of rotatable bonds is 11. The zero-order chi connectivity index (χ0) is 47.1. The Bertz CT molecular complexity index is 1970. The fraction of sp³-hybridized carbons (Fsp3) is 0.630. The van der Waals surface area contributed by atoms with Gasteiger partial charge in [-0.2, -0.15) is 0 Å². The summed E-state index contributed by atoms with van der Waals surface area (Å²) in [4.78, 5) is 80.3. The van der Waals surface area contributed by atoms with Crippen LogP contribution in [-0.4, -0.2) is 131 Å². The summed E-state index contributed by atoms with van der Waals surface area (Å²) >= 11 is 3.32. The van der Waals surface area contributed by atoms with E-state index in [0.29, 0.717) is 16.6 Å². The van der Waals surface area contributed by atoms with Crippen molar-refractivity contribution in [3.63, 3.8) is 0 Å². The first-order chi connectivity index (χ1) is 30.2. The van der Waals surface area contributed by atoms with E-state index in [1.165, 1.54) is 6.20 Å². The van der Waals surface area contributed by atoms with Crippen molar-refractivity contribution in [2.45, 2.75) is 141 Å². The van der Waals surface area contributed by atoms with Crippen molar-refractivity contribution in [2.75, 3.05) is 20.6 Å². The molecule has 3 aliphatic rings. The second-order valence-electron chi connectivity index (χ2n) is 18.0. The zero-order valence-electron chi connectivity index (χ0n) is 38.3. The van der Waals surface area contributed by atoms with Gasteiger partial charge in [-0.05, 0) is 100 Å². The average molecular weight is 959 g/mol. The van der Waals surface area contributed by atoms with Gasteiger partial charge in [-0.15, -0.1) is 0 Å². The number of cyclic esters (lactones) is 1. The van der Waals surface area contributed by atoms with Gasteiger partial charge in [0, 0.05) is 48.9 Å². The molecule has 0 radical (unpaired) electrons. The third-order valence-corrected chi connectivity index (χ3v) is 13.2. The Morgan fingerprint density at radius 2 is 1.81 bits per heavy atom. The molecular weight excluding hydrogens is 894 g/mol. The number of alkyl carbamates (subject to hydrolysis) is 2. The van der Waals surface area contributed by atoms with E-state index in [-0.39, 0.29) is 37.7 Å². The minimum atomic E-state index is -1.76. The van der Waals surface area contributed by atoms with Crippen LogP contribution in [0, 0.1) is 23.7 Å². The Morgan fingerprint density at radius 3 is 2.45 bits per heavy atom. The number of esters is 2. The molecule has 0 bridgehead atoms. The molecule has 3 N–H and O–H groups in total. The van der Waals surface area contributed by atoms with Crippen LogP contribution in [0.3, 0.4) is 0 Å². The maximum Gasteiger partial charge on any atom is 0.408 e. The highest BCUT2D eigenvalue weighted by Gasteiger charge is 2.58. The second-order valence-corrected chi connectivity index (χ2v) is 18.8. The van der Waals surface area contributed by atoms with Gasteiger partial charge in [-0.25, -0.2) is 14.6 Å². The molecule has 0 spiro atoms. The minimum absolute atomic E-state index is 0.0417. The molecule has 18 heteroatoms. The van der Waals surface area contributed by atoms with Gasteiger partial charge in [0.05, 0.1) is 24.5 Å². The molecule has 0 aromatic carbocycles. The number of Topliss-reactive ketones (excluding diaryl/α,β-unsaturated/α-hetero) is 1. The Morgan fingerprint density at radius 1 is 1.08 bits per heavy atom. The van der Waals surface area contributed by atoms with Crippen LogP contribution in [0.1, 0.15) is 85.8 Å². The number of aromatic nitrogens is 2. The van der Waals surface area contributed by atoms with Gasteiger partial charge in [0.2, 0.25) is 0 Å². The van der Waals surface area contributed by atoms with Gasteiger partial charge in [-0.1, -0.05) is 52.0 Å². The summed E-state index contributed by atoms with van der Waals surface area (Å²) in [6.45, 7) is 13.5. The van der Waals surface area contributed by atoms with E-state index in [4.69, 9.17) is 28.4 Å². The van der Waals surface area contributed by atoms with E-state index in [9.17, 15) is 29.1 Å². The molecule has 0 aliphatic carbocycles. The number of hydrogen-bond donors (Lipinski definition) is 3. The largest absolute Gasteiger partial charge is 0.461 e. The lowest BCUT2D eigenvalue weighted by atomic mass is 9.73. The van der Waals surface area contributed by atoms with Crippen molar-refractivity contribution < 1.29 is 57.5 Å². The van der Waals surface area contributed by atoms with Gasteiger partial charge in [0.25, 0.3) is 0 Å². The Balaban J connectivity index is 1.63. The number of halogens is 1. The van der Waals surface area contributed by atoms with Crippen molar-refractivity contribution in [1.29, 1.82) is 0 Å². The standard InChI is InChI=1S/C46H64BrN5O12/c1-11-33-46(8)39(51-44(58)64-46)27(4)36(54)25(2)22-45(7,63-43(57)49-19-13-14-30-16-17-34(47)50-24-30)40(62-42-37(55)32(52(9)10)20-26(3)59-42)28(5)38(29(6)41(56)60-33)61-35(53)21-31-15-12-18-48-23-31/h12-18,23-29,32-33,37-40,42,55H,11,19-22H2,1-10H3,(H,49,57)(H,51,58)/b14-13+/t25-,26-,27+,28+,29-,32+,33-,37-,38+,39-,40-,42+,45-,46-/m1/s1. The van der Waals surface area contributed by atoms with Crippen molar-refractivity contribution in [2.24, 2.45) is 23.7 Å². The highest BCUT2D eigenvalue weighted by atomic mass is 79.9. The van der Waals surface area contributed by atoms with Crippen LogP contribution in [0.15, 0.2) is 53.5 Å². The molecule has 0 unspecified atom stereocenters. The van der Waals surface area contributed by atoms with E-state index < -0.39 is 102 Å². The minimum Gasteiger partial charge on any atom is -0.461 e. The van der Waals surface area contributed by atoms with Crippen LogP contribution in [-0.2, 0) is 49.2 Å². The maximum atomic E-state index is 14.7. The van der Waals surface area contributed by atoms with E-state index in [1.54, 1.807) is 91.2 Å². The number of nitrogens with one attached hydrogen (secondary N) is 2. The predicted octanol–water partition coefficient (Wildman–Crippen LogP) is 5.41. The first-order valence-corrected chi connectivity index (χ1v) is 22.7. The van der Waals surface area contributed by atoms with E-state index in [2.05, 4.69) is 36.5 Å². The molecule has 3 aliphatic heterocycles. The fourth-order valence-electron chi connectivity index (χ4n) is 9.37. The fourth-order valence-corrected chi connectivity index (χ4v) is 9.60. The Labute approximate surface area is 383 Å². The lowest BCUT2D eigenvalue weighted by molar-refractivity contribution is -0.298. The molecule has 5 heterocycles. The number of nitrogens with zero attached hydrogens (tertiary/aromatic N) is 3. The van der Waals surface area contributed by atoms with Gasteiger partial charge < -0.3 is 49.1 Å². The lowest BCUT2D eigenvalue weighted by Crippen LogP contribution is -2.61. The van der Waals surface area contributed by atoms with Crippen molar-refractivity contribution >= 4 is 51.9 Å². The molecule has 0 saturated carbocycles. The Hall–Kier alpha value is -4.49. The highest BCUT2D eigenvalue weighted by molar-refractivity contribution is 9.10. The number of carbonyl (C=O) groups excluding carboxylic acids is 5. The average Bonchev–Trinajstić information content (AvgIpc) is 3.56. The Kier molecular flexibility index (Phi) is 17.1. The number of carbonyl (C=O) groups is 5. The van der Waals surface area contributed by atoms with Crippen LogP contribution in [0.2, 0.25) is 0 Å². The van der Waals surface area contributed by atoms with Gasteiger partial charge in [-0.3, -0.25) is 19.4 Å². The number of likely N-dealkylation sites (N-methyl/N-ethyl adjacent to an activating group) is 1. The summed E-state index contributed by atoms with van der Waals surface area (Å²) in [5.74, 6) is -5.74. The van der Waals surface area contributed by atoms with Crippen molar-refractivity contribution in [1.82, 2.24) is 25.5 Å². The number of pyridine rings is 2. The normalized spacial score (nSPS) is 35.1. The molecule has 3 fully saturated rings. The molecule has 5 rings (SSSR count). The number of hydrogen-bond acceptors (Lipinski definition) is 15. The van der Waals surface area contributed by atoms with Gasteiger partial charge in [0.15, 0.2) is 11.9 Å². The highest BCUT2D eigenvalue weighted by Crippen LogP contribution is 2.42. The monoisotopic (exact) mass is 957 g/mol. The van der Waals surface area contributed by atoms with Crippen molar-refractivity contribution in [3.8, 4) is 0 Å². The third kappa shape index (κ3) is 12.0. The van der Waals surface area contributed by atoms with Gasteiger partial charge in [0.1, 0.15) is 40.4 Å². The molecule has 2 aromatic rings. The third-order valence-electron chi connectivity index (χ3n) is 12.7. The quantitative estimate of drug-likeness (QED) is 0.146. The smallest absolute Gasteiger partial charge is 0.408 e. The van der Waals surface area contributed by atoms with Crippen LogP contribution < -0.4 is 10.6 Å². The molecule has 2 aromatic heterocycles. The predicted molar refractivity (Wildman–Crippen MR) is 237 cm³/mol. The van der Waals surface area contributed by atoms with Crippen LogP contribution >= 0.6 is 15.9 Å². The molecule has 352 valence electrons. The molecule has 3 saturated heterocycles. The zero-order valence-corrected chi connectivity index (χ0v) is 39.9. The molecule has 64 heavy (non-hydrogen) atoms. The molecular formula is C46H64BrN5O12. The number of aliphatic hydroxyl groups is 1. The number of fused-ring (bicyclic) bond motifs is 1. The molecule has 14 atom stereocenters. The lowest BCUT2D eigenvalue weighted by Gasteiger charge is -2.48. The van der Waals surface area contributed by atoms with E-state index in [1.807, 2.05) is 32.0 Å². The van der Waals surface area contributed by atoms with E-state index >= 15 is 0 Å². The SMILES string of the molecule is CC[C@H]1OC(=O)[C@H](C)[C@@H](OC(=O)Cc2cccnc2)[C@H](C)[C@@H](O[C@@H]2O[C@H](C)C[C@H](N(C)C)[C@H]2O)[C@](C)(OC(=O)NC/C=C/c2ccc(Br)nc2)C[C@@H](C)C(=O)[C@H](C)[C@H]2NC(=O)O[C@@]21C. The number of aliphatic hydroxyl groups excluding tert-OH is 1.